The molecular weight excluding hydrogens is 343 g/mol. The number of carbonyl (C=O) groups excluding carboxylic acids is 1. The van der Waals surface area contributed by atoms with E-state index in [4.69, 9.17) is 0 Å². The van der Waals surface area contributed by atoms with Crippen molar-refractivity contribution in [1.82, 2.24) is 15.5 Å². The van der Waals surface area contributed by atoms with Gasteiger partial charge in [0.05, 0.1) is 0 Å². The third-order valence-corrected chi connectivity index (χ3v) is 3.24. The molecule has 0 aromatic carbocycles. The number of halogens is 1. The van der Waals surface area contributed by atoms with Crippen molar-refractivity contribution >= 4 is 35.8 Å². The summed E-state index contributed by atoms with van der Waals surface area (Å²) >= 11 is 0. The lowest BCUT2D eigenvalue weighted by Gasteiger charge is -2.27. The van der Waals surface area contributed by atoms with Gasteiger partial charge in [-0.1, -0.05) is 0 Å². The number of likely N-dealkylation sites (tertiary alicyclic amines) is 1. The predicted molar refractivity (Wildman–Crippen MR) is 83.4 cm³/mol. The number of carbonyl (C=O) groups is 1. The van der Waals surface area contributed by atoms with Crippen LogP contribution in [0, 0.1) is 0 Å². The molecule has 0 atom stereocenters. The molecule has 5 nitrogen and oxygen atoms in total. The summed E-state index contributed by atoms with van der Waals surface area (Å²) in [5, 5.41) is 6.37. The van der Waals surface area contributed by atoms with Crippen LogP contribution in [0.1, 0.15) is 32.1 Å². The summed E-state index contributed by atoms with van der Waals surface area (Å²) in [4.78, 5) is 18.2. The summed E-state index contributed by atoms with van der Waals surface area (Å²) in [6, 6.07) is 0. The van der Waals surface area contributed by atoms with Crippen LogP contribution in [0.2, 0.25) is 0 Å². The van der Waals surface area contributed by atoms with Gasteiger partial charge >= 0.3 is 0 Å². The summed E-state index contributed by atoms with van der Waals surface area (Å²) in [6.45, 7) is 4.43. The number of aliphatic imine (C=N–C) groups is 1. The van der Waals surface area contributed by atoms with Crippen molar-refractivity contribution in [3.63, 3.8) is 0 Å². The van der Waals surface area contributed by atoms with Crippen LogP contribution in [0.25, 0.3) is 0 Å². The molecule has 0 bridgehead atoms. The van der Waals surface area contributed by atoms with Crippen LogP contribution in [0.3, 0.4) is 0 Å². The van der Waals surface area contributed by atoms with E-state index in [1.807, 2.05) is 4.90 Å². The molecule has 0 aromatic rings. The molecule has 1 fully saturated rings. The number of guanidine groups is 1. The summed E-state index contributed by atoms with van der Waals surface area (Å²) in [6.07, 6.45) is 5.25. The van der Waals surface area contributed by atoms with E-state index in [1.54, 1.807) is 0 Å². The molecule has 2 heterocycles. The van der Waals surface area contributed by atoms with Crippen molar-refractivity contribution in [3.05, 3.63) is 0 Å². The van der Waals surface area contributed by atoms with Gasteiger partial charge in [-0.15, -0.1) is 24.0 Å². The topological polar surface area (TPSA) is 56.7 Å². The lowest BCUT2D eigenvalue weighted by atomic mass is 10.1. The number of amides is 1. The Bertz CT molecular complexity index is 290. The highest BCUT2D eigenvalue weighted by Crippen LogP contribution is 2.09. The van der Waals surface area contributed by atoms with Gasteiger partial charge in [0.1, 0.15) is 0 Å². The summed E-state index contributed by atoms with van der Waals surface area (Å²) < 4.78 is 0. The highest BCUT2D eigenvalue weighted by atomic mass is 127. The van der Waals surface area contributed by atoms with Crippen molar-refractivity contribution < 1.29 is 4.79 Å². The van der Waals surface area contributed by atoms with Crippen LogP contribution in [0.5, 0.6) is 0 Å². The Morgan fingerprint density at radius 2 is 2.06 bits per heavy atom. The second-order valence-corrected chi connectivity index (χ2v) is 4.63. The van der Waals surface area contributed by atoms with Gasteiger partial charge in [0.2, 0.25) is 5.91 Å². The molecule has 2 aliphatic rings. The first kappa shape index (κ1) is 15.5. The fourth-order valence-electron chi connectivity index (χ4n) is 2.24. The fourth-order valence-corrected chi connectivity index (χ4v) is 2.24. The number of hydrogen-bond donors (Lipinski definition) is 2. The zero-order valence-electron chi connectivity index (χ0n) is 10.8. The first-order valence-electron chi connectivity index (χ1n) is 6.66. The summed E-state index contributed by atoms with van der Waals surface area (Å²) in [7, 11) is 0. The number of piperidine rings is 1. The Morgan fingerprint density at radius 3 is 2.72 bits per heavy atom. The fraction of sp³-hybridized carbons (Fsp3) is 0.833. The zero-order chi connectivity index (χ0) is 11.9. The van der Waals surface area contributed by atoms with Crippen molar-refractivity contribution in [1.29, 1.82) is 0 Å². The Labute approximate surface area is 126 Å². The predicted octanol–water partition coefficient (Wildman–Crippen LogP) is 0.946. The second-order valence-electron chi connectivity index (χ2n) is 4.63. The molecular formula is C12H23IN4O. The average Bonchev–Trinajstić information content (AvgIpc) is 2.41. The molecule has 6 heteroatoms. The van der Waals surface area contributed by atoms with Crippen LogP contribution in [0.15, 0.2) is 4.99 Å². The van der Waals surface area contributed by atoms with E-state index in [-0.39, 0.29) is 29.9 Å². The van der Waals surface area contributed by atoms with Crippen molar-refractivity contribution in [3.8, 4) is 0 Å². The van der Waals surface area contributed by atoms with E-state index in [1.165, 1.54) is 6.42 Å². The second kappa shape index (κ2) is 8.55. The molecule has 1 saturated heterocycles. The molecule has 2 N–H and O–H groups in total. The molecule has 1 amide bonds. The monoisotopic (exact) mass is 366 g/mol. The molecule has 2 rings (SSSR count). The maximum atomic E-state index is 11.9. The lowest BCUT2D eigenvalue weighted by Crippen LogP contribution is -2.43. The largest absolute Gasteiger partial charge is 0.356 e. The minimum atomic E-state index is 0. The zero-order valence-corrected chi connectivity index (χ0v) is 13.1. The van der Waals surface area contributed by atoms with Gasteiger partial charge < -0.3 is 15.5 Å². The van der Waals surface area contributed by atoms with Gasteiger partial charge in [0.15, 0.2) is 5.96 Å². The first-order valence-corrected chi connectivity index (χ1v) is 6.66. The molecule has 0 aromatic heterocycles. The van der Waals surface area contributed by atoms with Crippen LogP contribution in [0.4, 0.5) is 0 Å². The number of nitrogens with zero attached hydrogens (tertiary/aromatic N) is 2. The molecule has 0 unspecified atom stereocenters. The first-order chi connectivity index (χ1) is 8.36. The molecule has 0 saturated carbocycles. The minimum absolute atomic E-state index is 0. The van der Waals surface area contributed by atoms with Crippen molar-refractivity contribution in [2.45, 2.75) is 32.1 Å². The van der Waals surface area contributed by atoms with Crippen LogP contribution in [-0.4, -0.2) is 49.5 Å². The van der Waals surface area contributed by atoms with Gasteiger partial charge in [0, 0.05) is 39.1 Å². The smallest absolute Gasteiger partial charge is 0.224 e. The standard InChI is InChI=1S/C12H22N4O.HI/c17-11(16-9-2-1-3-10-16)5-8-15-12-13-6-4-7-14-12;/h1-10H2,(H2,13,14,15);1H. The van der Waals surface area contributed by atoms with Gasteiger partial charge in [0.25, 0.3) is 0 Å². The molecule has 0 spiro atoms. The van der Waals surface area contributed by atoms with Gasteiger partial charge in [-0.2, -0.15) is 0 Å². The highest BCUT2D eigenvalue weighted by molar-refractivity contribution is 14.0. The molecule has 0 aliphatic carbocycles. The Balaban J connectivity index is 0.00000162. The van der Waals surface area contributed by atoms with Crippen LogP contribution in [-0.2, 0) is 4.79 Å². The van der Waals surface area contributed by atoms with Crippen LogP contribution >= 0.6 is 24.0 Å². The van der Waals surface area contributed by atoms with Gasteiger partial charge in [-0.3, -0.25) is 9.79 Å². The van der Waals surface area contributed by atoms with E-state index < -0.39 is 0 Å². The lowest BCUT2D eigenvalue weighted by molar-refractivity contribution is -0.131. The van der Waals surface area contributed by atoms with Gasteiger partial charge in [-0.05, 0) is 25.7 Å². The van der Waals surface area contributed by atoms with E-state index in [0.29, 0.717) is 13.0 Å². The molecule has 0 radical (unpaired) electrons. The summed E-state index contributed by atoms with van der Waals surface area (Å²) in [5.41, 5.74) is 0. The van der Waals surface area contributed by atoms with E-state index in [2.05, 4.69) is 15.6 Å². The van der Waals surface area contributed by atoms with E-state index in [9.17, 15) is 4.79 Å². The number of rotatable bonds is 3. The third-order valence-electron chi connectivity index (χ3n) is 3.24. The van der Waals surface area contributed by atoms with Crippen LogP contribution < -0.4 is 10.6 Å². The van der Waals surface area contributed by atoms with E-state index in [0.717, 1.165) is 51.4 Å². The molecule has 18 heavy (non-hydrogen) atoms. The third kappa shape index (κ3) is 4.99. The Morgan fingerprint density at radius 1 is 1.28 bits per heavy atom. The quantitative estimate of drug-likeness (QED) is 0.732. The Hall–Kier alpha value is -0.530. The summed E-state index contributed by atoms with van der Waals surface area (Å²) in [5.74, 6) is 1.12. The minimum Gasteiger partial charge on any atom is -0.356 e. The number of nitrogens with one attached hydrogen (secondary N) is 2. The maximum Gasteiger partial charge on any atom is 0.224 e. The maximum absolute atomic E-state index is 11.9. The molecule has 2 aliphatic heterocycles. The average molecular weight is 366 g/mol. The highest BCUT2D eigenvalue weighted by Gasteiger charge is 2.15. The SMILES string of the molecule is I.O=C(CCNC1=NCCCN1)N1CCCCC1. The van der Waals surface area contributed by atoms with E-state index >= 15 is 0 Å². The van der Waals surface area contributed by atoms with Crippen molar-refractivity contribution in [2.24, 2.45) is 4.99 Å². The number of hydrogen-bond acceptors (Lipinski definition) is 4. The normalized spacial score (nSPS) is 19.3. The van der Waals surface area contributed by atoms with Crippen molar-refractivity contribution in [2.75, 3.05) is 32.7 Å². The molecule has 104 valence electrons. The Kier molecular flexibility index (Phi) is 7.38. The van der Waals surface area contributed by atoms with Gasteiger partial charge in [-0.25, -0.2) is 0 Å².